The fraction of sp³-hybridized carbons (Fsp3) is 0.467. The summed E-state index contributed by atoms with van der Waals surface area (Å²) in [4.78, 5) is 17.1. The molecule has 0 aliphatic carbocycles. The molecule has 6 heteroatoms. The molecule has 1 aromatic rings. The van der Waals surface area contributed by atoms with Crippen LogP contribution in [-0.2, 0) is 0 Å². The first-order valence-corrected chi connectivity index (χ1v) is 7.89. The predicted molar refractivity (Wildman–Crippen MR) is 89.8 cm³/mol. The molecule has 1 saturated heterocycles. The number of nitrogens with two attached hydrogens (primary N) is 1. The molecule has 114 valence electrons. The van der Waals surface area contributed by atoms with Crippen molar-refractivity contribution < 1.29 is 4.79 Å². The van der Waals surface area contributed by atoms with Gasteiger partial charge < -0.3 is 10.6 Å². The Hall–Kier alpha value is -1.17. The van der Waals surface area contributed by atoms with E-state index < -0.39 is 0 Å². The molecule has 1 amide bonds. The summed E-state index contributed by atoms with van der Waals surface area (Å²) in [7, 11) is 0. The van der Waals surface area contributed by atoms with Gasteiger partial charge in [-0.15, -0.1) is 0 Å². The average molecular weight is 326 g/mol. The Morgan fingerprint density at radius 2 is 2.05 bits per heavy atom. The highest BCUT2D eigenvalue weighted by Gasteiger charge is 2.27. The van der Waals surface area contributed by atoms with Crippen LogP contribution in [0.1, 0.15) is 23.7 Å². The summed E-state index contributed by atoms with van der Waals surface area (Å²) in [5.41, 5.74) is 6.41. The lowest BCUT2D eigenvalue weighted by molar-refractivity contribution is 0.0612. The molecule has 0 spiro atoms. The van der Waals surface area contributed by atoms with Gasteiger partial charge in [-0.05, 0) is 24.6 Å². The molecule has 4 nitrogen and oxygen atoms in total. The van der Waals surface area contributed by atoms with E-state index in [4.69, 9.17) is 29.6 Å². The quantitative estimate of drug-likeness (QED) is 0.862. The minimum atomic E-state index is 0.0283. The van der Waals surface area contributed by atoms with Gasteiger partial charge in [-0.2, -0.15) is 0 Å². The molecule has 0 aromatic heterocycles. The minimum Gasteiger partial charge on any atom is -0.392 e. The zero-order chi connectivity index (χ0) is 15.4. The third-order valence-electron chi connectivity index (χ3n) is 3.83. The van der Waals surface area contributed by atoms with Crippen LogP contribution in [0.3, 0.4) is 0 Å². The topological polar surface area (TPSA) is 49.6 Å². The van der Waals surface area contributed by atoms with Crippen LogP contribution in [0.4, 0.5) is 0 Å². The first-order valence-electron chi connectivity index (χ1n) is 7.11. The first kappa shape index (κ1) is 16.2. The van der Waals surface area contributed by atoms with E-state index in [2.05, 4.69) is 11.8 Å². The molecule has 0 saturated carbocycles. The standard InChI is InChI=1S/C15H20ClN3OS/c1-2-13(14(17)21)18-6-8-19(9-7-18)15(20)11-4-3-5-12(16)10-11/h3-5,10,13H,2,6-9H2,1H3,(H2,17,21). The molecule has 21 heavy (non-hydrogen) atoms. The monoisotopic (exact) mass is 325 g/mol. The SMILES string of the molecule is CCC(C(N)=S)N1CCN(C(=O)c2cccc(Cl)c2)CC1. The van der Waals surface area contributed by atoms with Gasteiger partial charge in [0.2, 0.25) is 0 Å². The highest BCUT2D eigenvalue weighted by atomic mass is 35.5. The van der Waals surface area contributed by atoms with E-state index in [1.54, 1.807) is 24.3 Å². The van der Waals surface area contributed by atoms with E-state index in [0.29, 0.717) is 28.7 Å². The fourth-order valence-corrected chi connectivity index (χ4v) is 3.19. The van der Waals surface area contributed by atoms with Gasteiger partial charge in [0.25, 0.3) is 5.91 Å². The Balaban J connectivity index is 1.97. The molecule has 1 unspecified atom stereocenters. The number of nitrogens with zero attached hydrogens (tertiary/aromatic N) is 2. The highest BCUT2D eigenvalue weighted by molar-refractivity contribution is 7.80. The average Bonchev–Trinajstić information content (AvgIpc) is 2.47. The highest BCUT2D eigenvalue weighted by Crippen LogP contribution is 2.15. The summed E-state index contributed by atoms with van der Waals surface area (Å²) >= 11 is 11.0. The van der Waals surface area contributed by atoms with Gasteiger partial charge in [-0.1, -0.05) is 36.8 Å². The summed E-state index contributed by atoms with van der Waals surface area (Å²) in [6.07, 6.45) is 0.900. The predicted octanol–water partition coefficient (Wildman–Crippen LogP) is 2.16. The molecule has 1 heterocycles. The van der Waals surface area contributed by atoms with Crippen molar-refractivity contribution in [1.82, 2.24) is 9.80 Å². The largest absolute Gasteiger partial charge is 0.392 e. The lowest BCUT2D eigenvalue weighted by atomic mass is 10.1. The number of amides is 1. The van der Waals surface area contributed by atoms with Crippen LogP contribution in [0, 0.1) is 0 Å². The number of hydrogen-bond donors (Lipinski definition) is 1. The van der Waals surface area contributed by atoms with Crippen LogP contribution in [-0.4, -0.2) is 52.9 Å². The maximum absolute atomic E-state index is 12.4. The number of thiocarbonyl (C=S) groups is 1. The van der Waals surface area contributed by atoms with E-state index in [-0.39, 0.29) is 11.9 Å². The second-order valence-electron chi connectivity index (χ2n) is 5.16. The fourth-order valence-electron chi connectivity index (χ4n) is 2.68. The van der Waals surface area contributed by atoms with Gasteiger partial charge >= 0.3 is 0 Å². The van der Waals surface area contributed by atoms with Crippen molar-refractivity contribution in [3.05, 3.63) is 34.9 Å². The van der Waals surface area contributed by atoms with Gasteiger partial charge in [-0.25, -0.2) is 0 Å². The summed E-state index contributed by atoms with van der Waals surface area (Å²) in [5, 5.41) is 0.582. The molecule has 0 radical (unpaired) electrons. The van der Waals surface area contributed by atoms with E-state index >= 15 is 0 Å². The van der Waals surface area contributed by atoms with Gasteiger partial charge in [0.1, 0.15) is 0 Å². The van der Waals surface area contributed by atoms with Crippen molar-refractivity contribution >= 4 is 34.7 Å². The molecule has 1 atom stereocenters. The third-order valence-corrected chi connectivity index (χ3v) is 4.34. The minimum absolute atomic E-state index is 0.0283. The van der Waals surface area contributed by atoms with Crippen molar-refractivity contribution in [2.45, 2.75) is 19.4 Å². The number of halogens is 1. The summed E-state index contributed by atoms with van der Waals surface area (Å²) < 4.78 is 0. The lowest BCUT2D eigenvalue weighted by Gasteiger charge is -2.38. The van der Waals surface area contributed by atoms with Crippen molar-refractivity contribution in [1.29, 1.82) is 0 Å². The van der Waals surface area contributed by atoms with Crippen LogP contribution in [0.25, 0.3) is 0 Å². The van der Waals surface area contributed by atoms with Gasteiger partial charge in [0.05, 0.1) is 11.0 Å². The van der Waals surface area contributed by atoms with Crippen LogP contribution in [0.2, 0.25) is 5.02 Å². The maximum atomic E-state index is 12.4. The maximum Gasteiger partial charge on any atom is 0.253 e. The molecule has 1 aliphatic rings. The zero-order valence-electron chi connectivity index (χ0n) is 12.1. The van der Waals surface area contributed by atoms with Gasteiger partial charge in [0.15, 0.2) is 0 Å². The normalized spacial score (nSPS) is 17.5. The second-order valence-corrected chi connectivity index (χ2v) is 6.07. The number of carbonyl (C=O) groups is 1. The lowest BCUT2D eigenvalue weighted by Crippen LogP contribution is -2.54. The molecule has 1 aliphatic heterocycles. The van der Waals surface area contributed by atoms with Crippen LogP contribution >= 0.6 is 23.8 Å². The van der Waals surface area contributed by atoms with E-state index in [0.717, 1.165) is 19.5 Å². The Labute approximate surface area is 135 Å². The molecule has 1 fully saturated rings. The summed E-state index contributed by atoms with van der Waals surface area (Å²) in [6.45, 7) is 5.03. The first-order chi connectivity index (χ1) is 10.0. The Morgan fingerprint density at radius 3 is 2.57 bits per heavy atom. The third kappa shape index (κ3) is 3.93. The van der Waals surface area contributed by atoms with Crippen molar-refractivity contribution in [3.8, 4) is 0 Å². The van der Waals surface area contributed by atoms with Gasteiger partial charge in [-0.3, -0.25) is 9.69 Å². The number of benzene rings is 1. The van der Waals surface area contributed by atoms with E-state index in [1.807, 2.05) is 4.90 Å². The van der Waals surface area contributed by atoms with Crippen LogP contribution < -0.4 is 5.73 Å². The smallest absolute Gasteiger partial charge is 0.253 e. The molecule has 0 bridgehead atoms. The Kier molecular flexibility index (Phi) is 5.56. The van der Waals surface area contributed by atoms with Crippen molar-refractivity contribution in [3.63, 3.8) is 0 Å². The van der Waals surface area contributed by atoms with Crippen LogP contribution in [0.5, 0.6) is 0 Å². The Bertz CT molecular complexity index is 529. The molecule has 2 N–H and O–H groups in total. The van der Waals surface area contributed by atoms with E-state index in [9.17, 15) is 4.79 Å². The van der Waals surface area contributed by atoms with Gasteiger partial charge in [0, 0.05) is 36.8 Å². The van der Waals surface area contributed by atoms with Crippen LogP contribution in [0.15, 0.2) is 24.3 Å². The number of carbonyl (C=O) groups excluding carboxylic acids is 1. The summed E-state index contributed by atoms with van der Waals surface area (Å²) in [6, 6.07) is 7.20. The number of rotatable bonds is 4. The summed E-state index contributed by atoms with van der Waals surface area (Å²) in [5.74, 6) is 0.0283. The Morgan fingerprint density at radius 1 is 1.38 bits per heavy atom. The zero-order valence-corrected chi connectivity index (χ0v) is 13.7. The number of piperazine rings is 1. The second kappa shape index (κ2) is 7.20. The molecular weight excluding hydrogens is 306 g/mol. The van der Waals surface area contributed by atoms with Crippen molar-refractivity contribution in [2.24, 2.45) is 5.73 Å². The van der Waals surface area contributed by atoms with E-state index in [1.165, 1.54) is 0 Å². The molecule has 2 rings (SSSR count). The number of hydrogen-bond acceptors (Lipinski definition) is 3. The van der Waals surface area contributed by atoms with Crippen molar-refractivity contribution in [2.75, 3.05) is 26.2 Å². The molecular formula is C15H20ClN3OS. The molecule has 1 aromatic carbocycles.